The van der Waals surface area contributed by atoms with Gasteiger partial charge in [0.05, 0.1) is 25.7 Å². The van der Waals surface area contributed by atoms with E-state index in [9.17, 15) is 4.79 Å². The van der Waals surface area contributed by atoms with Crippen molar-refractivity contribution in [3.63, 3.8) is 0 Å². The van der Waals surface area contributed by atoms with Gasteiger partial charge in [-0.25, -0.2) is 0 Å². The van der Waals surface area contributed by atoms with Crippen molar-refractivity contribution in [2.24, 2.45) is 0 Å². The normalized spacial score (nSPS) is 25.8. The zero-order valence-corrected chi connectivity index (χ0v) is 13.9. The summed E-state index contributed by atoms with van der Waals surface area (Å²) in [5.74, 6) is -0.192. The molecule has 0 bridgehead atoms. The van der Waals surface area contributed by atoms with Gasteiger partial charge in [0.15, 0.2) is 6.10 Å². The van der Waals surface area contributed by atoms with Crippen LogP contribution in [0.4, 0.5) is 0 Å². The smallest absolute Gasteiger partial charge is 0.309 e. The second-order valence-corrected chi connectivity index (χ2v) is 6.43. The summed E-state index contributed by atoms with van der Waals surface area (Å²) in [5.41, 5.74) is 2.28. The van der Waals surface area contributed by atoms with Gasteiger partial charge in [0.1, 0.15) is 6.10 Å². The number of hydrogen-bond donors (Lipinski definition) is 0. The quantitative estimate of drug-likeness (QED) is 0.758. The molecular formula is C20H21NO4. The summed E-state index contributed by atoms with van der Waals surface area (Å²) in [6, 6.07) is 20.1. The van der Waals surface area contributed by atoms with Crippen molar-refractivity contribution in [1.29, 1.82) is 0 Å². The van der Waals surface area contributed by atoms with Gasteiger partial charge in [-0.1, -0.05) is 60.7 Å². The molecule has 0 amide bonds. The second-order valence-electron chi connectivity index (χ2n) is 6.43. The second kappa shape index (κ2) is 7.35. The Labute approximate surface area is 147 Å². The molecule has 0 aromatic heterocycles. The summed E-state index contributed by atoms with van der Waals surface area (Å²) in [6.45, 7) is 1.63. The molecule has 4 rings (SSSR count). The number of ether oxygens (including phenoxy) is 2. The predicted octanol–water partition coefficient (Wildman–Crippen LogP) is 2.70. The predicted molar refractivity (Wildman–Crippen MR) is 91.2 cm³/mol. The molecule has 0 saturated carbocycles. The fraction of sp³-hybridized carbons (Fsp3) is 0.350. The van der Waals surface area contributed by atoms with Gasteiger partial charge in [0.2, 0.25) is 0 Å². The van der Waals surface area contributed by atoms with Gasteiger partial charge in [0.25, 0.3) is 0 Å². The highest BCUT2D eigenvalue weighted by Gasteiger charge is 2.50. The van der Waals surface area contributed by atoms with Gasteiger partial charge >= 0.3 is 5.97 Å². The molecule has 5 heteroatoms. The van der Waals surface area contributed by atoms with E-state index in [-0.39, 0.29) is 24.2 Å². The Balaban J connectivity index is 1.42. The van der Waals surface area contributed by atoms with Crippen LogP contribution in [0.15, 0.2) is 60.7 Å². The standard InChI is InChI=1S/C20H21NO4/c22-19-11-18-20(24-19)17(14-23-13-16-9-5-2-6-10-16)21(25-18)12-15-7-3-1-4-8-15/h1-10,17-18,20H,11-14H2/t17-,18-,20-/m0/s1. The number of rotatable bonds is 6. The highest BCUT2D eigenvalue weighted by Crippen LogP contribution is 2.33. The highest BCUT2D eigenvalue weighted by molar-refractivity contribution is 5.72. The van der Waals surface area contributed by atoms with E-state index < -0.39 is 0 Å². The minimum atomic E-state index is -0.257. The topological polar surface area (TPSA) is 48.0 Å². The lowest BCUT2D eigenvalue weighted by Gasteiger charge is -2.25. The number of carbonyl (C=O) groups is 1. The lowest BCUT2D eigenvalue weighted by molar-refractivity contribution is -0.181. The Hall–Kier alpha value is -2.21. The minimum Gasteiger partial charge on any atom is -0.458 e. The number of esters is 1. The molecule has 2 fully saturated rings. The highest BCUT2D eigenvalue weighted by atomic mass is 16.7. The average Bonchev–Trinajstić information content (AvgIpc) is 3.13. The minimum absolute atomic E-state index is 0.0969. The fourth-order valence-corrected chi connectivity index (χ4v) is 3.36. The van der Waals surface area contributed by atoms with Crippen LogP contribution in [0.5, 0.6) is 0 Å². The van der Waals surface area contributed by atoms with Crippen LogP contribution in [0.3, 0.4) is 0 Å². The summed E-state index contributed by atoms with van der Waals surface area (Å²) in [7, 11) is 0. The van der Waals surface area contributed by atoms with Gasteiger partial charge in [-0.3, -0.25) is 9.63 Å². The van der Waals surface area contributed by atoms with Crippen molar-refractivity contribution in [3.05, 3.63) is 71.8 Å². The number of carbonyl (C=O) groups excluding carboxylic acids is 1. The van der Waals surface area contributed by atoms with Crippen LogP contribution in [-0.2, 0) is 32.3 Å². The van der Waals surface area contributed by atoms with Crippen LogP contribution >= 0.6 is 0 Å². The first-order valence-electron chi connectivity index (χ1n) is 8.58. The molecule has 2 aromatic rings. The molecule has 2 aromatic carbocycles. The number of hydroxylamine groups is 2. The van der Waals surface area contributed by atoms with Crippen molar-refractivity contribution in [3.8, 4) is 0 Å². The molecule has 25 heavy (non-hydrogen) atoms. The summed E-state index contributed by atoms with van der Waals surface area (Å²) in [6.07, 6.45) is -0.154. The molecule has 0 N–H and O–H groups in total. The lowest BCUT2D eigenvalue weighted by Crippen LogP contribution is -2.39. The molecule has 2 heterocycles. The van der Waals surface area contributed by atoms with E-state index in [1.165, 1.54) is 0 Å². The Morgan fingerprint density at radius 2 is 1.68 bits per heavy atom. The molecular weight excluding hydrogens is 318 g/mol. The first kappa shape index (κ1) is 16.3. The van der Waals surface area contributed by atoms with Crippen LogP contribution in [0, 0.1) is 0 Å². The molecule has 3 atom stereocenters. The molecule has 5 nitrogen and oxygen atoms in total. The fourth-order valence-electron chi connectivity index (χ4n) is 3.36. The zero-order chi connectivity index (χ0) is 17.1. The third kappa shape index (κ3) is 3.74. The third-order valence-electron chi connectivity index (χ3n) is 4.60. The number of hydrogen-bond acceptors (Lipinski definition) is 5. The Morgan fingerprint density at radius 3 is 2.40 bits per heavy atom. The number of fused-ring (bicyclic) bond motifs is 1. The number of benzene rings is 2. The van der Waals surface area contributed by atoms with Gasteiger partial charge in [-0.2, -0.15) is 5.06 Å². The van der Waals surface area contributed by atoms with Gasteiger partial charge in [-0.05, 0) is 11.1 Å². The molecule has 0 unspecified atom stereocenters. The van der Waals surface area contributed by atoms with Crippen LogP contribution in [0.25, 0.3) is 0 Å². The molecule has 130 valence electrons. The Morgan fingerprint density at radius 1 is 1.00 bits per heavy atom. The van der Waals surface area contributed by atoms with Gasteiger partial charge < -0.3 is 9.47 Å². The van der Waals surface area contributed by atoms with E-state index in [0.717, 1.165) is 11.1 Å². The van der Waals surface area contributed by atoms with E-state index in [1.807, 2.05) is 53.6 Å². The average molecular weight is 339 g/mol. The molecule has 0 radical (unpaired) electrons. The Bertz CT molecular complexity index is 706. The first-order chi connectivity index (χ1) is 12.3. The van der Waals surface area contributed by atoms with Gasteiger partial charge in [0, 0.05) is 6.54 Å². The van der Waals surface area contributed by atoms with Crippen molar-refractivity contribution in [2.45, 2.75) is 37.8 Å². The summed E-state index contributed by atoms with van der Waals surface area (Å²) < 4.78 is 11.4. The van der Waals surface area contributed by atoms with Crippen LogP contribution in [0.1, 0.15) is 17.5 Å². The maximum atomic E-state index is 11.6. The van der Waals surface area contributed by atoms with E-state index >= 15 is 0 Å². The van der Waals surface area contributed by atoms with Crippen molar-refractivity contribution in [1.82, 2.24) is 5.06 Å². The van der Waals surface area contributed by atoms with E-state index in [1.54, 1.807) is 0 Å². The van der Waals surface area contributed by atoms with Crippen molar-refractivity contribution >= 4 is 5.97 Å². The lowest BCUT2D eigenvalue weighted by atomic mass is 10.1. The molecule has 2 aliphatic heterocycles. The van der Waals surface area contributed by atoms with Crippen molar-refractivity contribution < 1.29 is 19.1 Å². The molecule has 2 saturated heterocycles. The molecule has 0 spiro atoms. The van der Waals surface area contributed by atoms with E-state index in [2.05, 4.69) is 12.1 Å². The summed E-state index contributed by atoms with van der Waals surface area (Å²) >= 11 is 0. The van der Waals surface area contributed by atoms with E-state index in [4.69, 9.17) is 14.3 Å². The van der Waals surface area contributed by atoms with Gasteiger partial charge in [-0.15, -0.1) is 0 Å². The summed E-state index contributed by atoms with van der Waals surface area (Å²) in [5, 5.41) is 1.90. The van der Waals surface area contributed by atoms with Crippen molar-refractivity contribution in [2.75, 3.05) is 6.61 Å². The van der Waals surface area contributed by atoms with E-state index in [0.29, 0.717) is 26.2 Å². The third-order valence-corrected chi connectivity index (χ3v) is 4.60. The van der Waals surface area contributed by atoms with Crippen LogP contribution in [0.2, 0.25) is 0 Å². The molecule has 0 aliphatic carbocycles. The largest absolute Gasteiger partial charge is 0.458 e. The molecule has 2 aliphatic rings. The first-order valence-corrected chi connectivity index (χ1v) is 8.58. The monoisotopic (exact) mass is 339 g/mol. The summed E-state index contributed by atoms with van der Waals surface area (Å²) in [4.78, 5) is 17.6. The SMILES string of the molecule is O=C1C[C@@H]2ON(Cc3ccccc3)[C@@H](COCc3ccccc3)[C@@H]2O1. The Kier molecular flexibility index (Phi) is 4.78. The zero-order valence-electron chi connectivity index (χ0n) is 13.9. The van der Waals surface area contributed by atoms with Crippen LogP contribution < -0.4 is 0 Å². The maximum Gasteiger partial charge on any atom is 0.309 e. The van der Waals surface area contributed by atoms with Crippen LogP contribution in [-0.4, -0.2) is 35.9 Å². The number of nitrogens with zero attached hydrogens (tertiary/aromatic N) is 1. The maximum absolute atomic E-state index is 11.6.